The predicted octanol–water partition coefficient (Wildman–Crippen LogP) is 3.09. The van der Waals surface area contributed by atoms with Crippen molar-refractivity contribution in [2.45, 2.75) is 0 Å². The molecule has 0 radical (unpaired) electrons. The number of amides is 1. The second kappa shape index (κ2) is 6.67. The first kappa shape index (κ1) is 14.7. The van der Waals surface area contributed by atoms with Gasteiger partial charge in [0.2, 0.25) is 5.91 Å². The van der Waals surface area contributed by atoms with Gasteiger partial charge in [0, 0.05) is 17.3 Å². The molecule has 0 aliphatic rings. The van der Waals surface area contributed by atoms with Crippen molar-refractivity contribution in [2.24, 2.45) is 0 Å². The standard InChI is InChI=1S/C15H11ClN2O3/c16-12-6-2-1-4-10(12)7-8-13(19)18-14-11(15(20)21)5-3-9-17-14/h1-9H,(H,20,21)(H,17,18,19). The van der Waals surface area contributed by atoms with E-state index in [9.17, 15) is 9.59 Å². The van der Waals surface area contributed by atoms with Gasteiger partial charge < -0.3 is 10.4 Å². The minimum atomic E-state index is -1.16. The summed E-state index contributed by atoms with van der Waals surface area (Å²) in [5, 5.41) is 11.9. The number of pyridine rings is 1. The molecule has 1 aromatic carbocycles. The normalized spacial score (nSPS) is 10.5. The lowest BCUT2D eigenvalue weighted by Gasteiger charge is -2.04. The van der Waals surface area contributed by atoms with Crippen LogP contribution in [0, 0.1) is 0 Å². The van der Waals surface area contributed by atoms with Crippen molar-refractivity contribution in [2.75, 3.05) is 5.32 Å². The number of aromatic nitrogens is 1. The number of hydrogen-bond acceptors (Lipinski definition) is 3. The van der Waals surface area contributed by atoms with Crippen molar-refractivity contribution in [1.82, 2.24) is 4.98 Å². The lowest BCUT2D eigenvalue weighted by Crippen LogP contribution is -2.13. The van der Waals surface area contributed by atoms with Crippen LogP contribution in [0.25, 0.3) is 6.08 Å². The van der Waals surface area contributed by atoms with E-state index in [4.69, 9.17) is 16.7 Å². The van der Waals surface area contributed by atoms with E-state index in [2.05, 4.69) is 10.3 Å². The van der Waals surface area contributed by atoms with Gasteiger partial charge in [-0.1, -0.05) is 29.8 Å². The molecule has 106 valence electrons. The van der Waals surface area contributed by atoms with Crippen molar-refractivity contribution >= 4 is 35.4 Å². The molecular weight excluding hydrogens is 292 g/mol. The molecule has 1 heterocycles. The molecule has 0 aliphatic heterocycles. The summed E-state index contributed by atoms with van der Waals surface area (Å²) in [6.07, 6.45) is 4.21. The summed E-state index contributed by atoms with van der Waals surface area (Å²) in [4.78, 5) is 26.6. The Kier molecular flexibility index (Phi) is 4.68. The number of carbonyl (C=O) groups is 2. The van der Waals surface area contributed by atoms with Crippen molar-refractivity contribution in [3.63, 3.8) is 0 Å². The van der Waals surface area contributed by atoms with E-state index in [1.54, 1.807) is 30.3 Å². The Balaban J connectivity index is 2.13. The number of nitrogens with one attached hydrogen (secondary N) is 1. The van der Waals surface area contributed by atoms with Gasteiger partial charge in [0.1, 0.15) is 11.4 Å². The van der Waals surface area contributed by atoms with E-state index in [1.807, 2.05) is 0 Å². The van der Waals surface area contributed by atoms with Crippen LogP contribution in [0.15, 0.2) is 48.7 Å². The number of anilines is 1. The smallest absolute Gasteiger partial charge is 0.339 e. The average Bonchev–Trinajstić information content (AvgIpc) is 2.47. The van der Waals surface area contributed by atoms with Crippen LogP contribution in [0.3, 0.4) is 0 Å². The number of rotatable bonds is 4. The highest BCUT2D eigenvalue weighted by molar-refractivity contribution is 6.32. The molecular formula is C15H11ClN2O3. The summed E-state index contributed by atoms with van der Waals surface area (Å²) >= 11 is 5.96. The Hall–Kier alpha value is -2.66. The fourth-order valence-electron chi connectivity index (χ4n) is 1.61. The molecule has 0 saturated carbocycles. The minimum absolute atomic E-state index is 0.00110. The van der Waals surface area contributed by atoms with Crippen molar-refractivity contribution in [3.8, 4) is 0 Å². The molecule has 0 bridgehead atoms. The molecule has 2 rings (SSSR count). The maximum Gasteiger partial charge on any atom is 0.339 e. The first-order valence-corrected chi connectivity index (χ1v) is 6.37. The topological polar surface area (TPSA) is 79.3 Å². The molecule has 21 heavy (non-hydrogen) atoms. The molecule has 0 aliphatic carbocycles. The summed E-state index contributed by atoms with van der Waals surface area (Å²) in [6, 6.07) is 9.90. The monoisotopic (exact) mass is 302 g/mol. The minimum Gasteiger partial charge on any atom is -0.478 e. The number of carbonyl (C=O) groups excluding carboxylic acids is 1. The van der Waals surface area contributed by atoms with Gasteiger partial charge in [0.15, 0.2) is 0 Å². The van der Waals surface area contributed by atoms with Crippen molar-refractivity contribution in [1.29, 1.82) is 0 Å². The quantitative estimate of drug-likeness (QED) is 0.851. The van der Waals surface area contributed by atoms with E-state index >= 15 is 0 Å². The number of hydrogen-bond donors (Lipinski definition) is 2. The van der Waals surface area contributed by atoms with Crippen LogP contribution in [-0.4, -0.2) is 22.0 Å². The van der Waals surface area contributed by atoms with Gasteiger partial charge in [-0.3, -0.25) is 4.79 Å². The highest BCUT2D eigenvalue weighted by atomic mass is 35.5. The van der Waals surface area contributed by atoms with Crippen LogP contribution in [0.1, 0.15) is 15.9 Å². The van der Waals surface area contributed by atoms with E-state index in [0.717, 1.165) is 0 Å². The molecule has 0 spiro atoms. The zero-order valence-corrected chi connectivity index (χ0v) is 11.5. The summed E-state index contributed by atoms with van der Waals surface area (Å²) in [6.45, 7) is 0. The van der Waals surface area contributed by atoms with Crippen molar-refractivity contribution in [3.05, 3.63) is 64.8 Å². The van der Waals surface area contributed by atoms with Crippen LogP contribution < -0.4 is 5.32 Å². The third-order valence-electron chi connectivity index (χ3n) is 2.60. The molecule has 0 saturated heterocycles. The Morgan fingerprint density at radius 1 is 1.19 bits per heavy atom. The Labute approximate surface area is 125 Å². The zero-order chi connectivity index (χ0) is 15.2. The molecule has 0 unspecified atom stereocenters. The highest BCUT2D eigenvalue weighted by Crippen LogP contribution is 2.16. The maximum atomic E-state index is 11.8. The Bertz CT molecular complexity index is 714. The largest absolute Gasteiger partial charge is 0.478 e. The van der Waals surface area contributed by atoms with Crippen LogP contribution in [0.4, 0.5) is 5.82 Å². The summed E-state index contributed by atoms with van der Waals surface area (Å²) < 4.78 is 0. The summed E-state index contributed by atoms with van der Waals surface area (Å²) in [5.74, 6) is -1.65. The van der Waals surface area contributed by atoms with Gasteiger partial charge in [-0.25, -0.2) is 9.78 Å². The Morgan fingerprint density at radius 3 is 2.67 bits per heavy atom. The number of benzene rings is 1. The van der Waals surface area contributed by atoms with E-state index in [0.29, 0.717) is 10.6 Å². The summed E-state index contributed by atoms with van der Waals surface area (Å²) in [7, 11) is 0. The molecule has 1 aromatic heterocycles. The van der Waals surface area contributed by atoms with Gasteiger partial charge in [0.05, 0.1) is 0 Å². The van der Waals surface area contributed by atoms with Gasteiger partial charge in [0.25, 0.3) is 0 Å². The van der Waals surface area contributed by atoms with Gasteiger partial charge in [-0.2, -0.15) is 0 Å². The van der Waals surface area contributed by atoms with Crippen LogP contribution >= 0.6 is 11.6 Å². The SMILES string of the molecule is O=C(C=Cc1ccccc1Cl)Nc1ncccc1C(=O)O. The summed E-state index contributed by atoms with van der Waals surface area (Å²) in [5.41, 5.74) is 0.616. The molecule has 5 nitrogen and oxygen atoms in total. The van der Waals surface area contributed by atoms with E-state index in [1.165, 1.54) is 24.4 Å². The molecule has 2 N–H and O–H groups in total. The second-order valence-electron chi connectivity index (χ2n) is 4.05. The average molecular weight is 303 g/mol. The maximum absolute atomic E-state index is 11.8. The molecule has 2 aromatic rings. The predicted molar refractivity (Wildman–Crippen MR) is 80.3 cm³/mol. The van der Waals surface area contributed by atoms with Gasteiger partial charge >= 0.3 is 5.97 Å². The van der Waals surface area contributed by atoms with Crippen LogP contribution in [0.5, 0.6) is 0 Å². The third kappa shape index (κ3) is 3.90. The number of carboxylic acid groups (broad SMARTS) is 1. The molecule has 0 atom stereocenters. The molecule has 1 amide bonds. The first-order chi connectivity index (χ1) is 10.1. The second-order valence-corrected chi connectivity index (χ2v) is 4.46. The fraction of sp³-hybridized carbons (Fsp3) is 0. The zero-order valence-electron chi connectivity index (χ0n) is 10.8. The van der Waals surface area contributed by atoms with Crippen LogP contribution in [0.2, 0.25) is 5.02 Å². The third-order valence-corrected chi connectivity index (χ3v) is 2.94. The molecule has 0 fully saturated rings. The Morgan fingerprint density at radius 2 is 1.95 bits per heavy atom. The number of carboxylic acids is 1. The number of nitrogens with zero attached hydrogens (tertiary/aromatic N) is 1. The van der Waals surface area contributed by atoms with Gasteiger partial charge in [-0.05, 0) is 29.8 Å². The number of halogens is 1. The van der Waals surface area contributed by atoms with E-state index in [-0.39, 0.29) is 11.4 Å². The lowest BCUT2D eigenvalue weighted by molar-refractivity contribution is -0.111. The first-order valence-electron chi connectivity index (χ1n) is 6.00. The van der Waals surface area contributed by atoms with Crippen LogP contribution in [-0.2, 0) is 4.79 Å². The van der Waals surface area contributed by atoms with E-state index < -0.39 is 11.9 Å². The highest BCUT2D eigenvalue weighted by Gasteiger charge is 2.11. The molecule has 6 heteroatoms. The van der Waals surface area contributed by atoms with Crippen molar-refractivity contribution < 1.29 is 14.7 Å². The lowest BCUT2D eigenvalue weighted by atomic mass is 10.2. The fourth-order valence-corrected chi connectivity index (χ4v) is 1.81. The van der Waals surface area contributed by atoms with Gasteiger partial charge in [-0.15, -0.1) is 0 Å². The number of aromatic carboxylic acids is 1.